The minimum atomic E-state index is -0.340. The molecule has 30 heavy (non-hydrogen) atoms. The number of esters is 1. The number of nitrogens with one attached hydrogen (secondary N) is 1. The molecule has 1 amide bonds. The molecule has 7 heteroatoms. The summed E-state index contributed by atoms with van der Waals surface area (Å²) < 4.78 is 11.7. The molecule has 0 fully saturated rings. The highest BCUT2D eigenvalue weighted by Crippen LogP contribution is 2.29. The second-order valence-electron chi connectivity index (χ2n) is 7.60. The Kier molecular flexibility index (Phi) is 9.80. The molecule has 1 N–H and O–H groups in total. The first kappa shape index (κ1) is 23.9. The van der Waals surface area contributed by atoms with Crippen LogP contribution in [0.1, 0.15) is 59.8 Å². The summed E-state index contributed by atoms with van der Waals surface area (Å²) in [6, 6.07) is 5.63. The molecule has 0 saturated carbocycles. The molecule has 1 heterocycles. The Morgan fingerprint density at radius 1 is 1.23 bits per heavy atom. The van der Waals surface area contributed by atoms with Gasteiger partial charge in [0.2, 0.25) is 5.91 Å². The number of amides is 1. The Balaban J connectivity index is 1.68. The number of ether oxygens (including phenoxy) is 2. The maximum Gasteiger partial charge on any atom is 0.306 e. The fourth-order valence-electron chi connectivity index (χ4n) is 2.86. The zero-order chi connectivity index (χ0) is 21.9. The lowest BCUT2D eigenvalue weighted by Gasteiger charge is -2.10. The van der Waals surface area contributed by atoms with E-state index in [1.807, 2.05) is 25.1 Å². The number of hydrogen-bond donors (Lipinski definition) is 1. The first-order chi connectivity index (χ1) is 14.4. The Morgan fingerprint density at radius 3 is 2.77 bits per heavy atom. The van der Waals surface area contributed by atoms with Crippen LogP contribution in [0.2, 0.25) is 0 Å². The number of nitrogens with zero attached hydrogens (tertiary/aromatic N) is 1. The van der Waals surface area contributed by atoms with Gasteiger partial charge in [-0.15, -0.1) is 0 Å². The van der Waals surface area contributed by atoms with Crippen molar-refractivity contribution in [2.24, 2.45) is 5.92 Å². The summed E-state index contributed by atoms with van der Waals surface area (Å²) in [6.07, 6.45) is 5.34. The Morgan fingerprint density at radius 2 is 2.03 bits per heavy atom. The van der Waals surface area contributed by atoms with Crippen LogP contribution in [0.25, 0.3) is 10.2 Å². The number of thiazole rings is 1. The van der Waals surface area contributed by atoms with Gasteiger partial charge >= 0.3 is 5.97 Å². The lowest BCUT2D eigenvalue weighted by molar-refractivity contribution is -0.145. The van der Waals surface area contributed by atoms with Gasteiger partial charge in [-0.2, -0.15) is 0 Å². The van der Waals surface area contributed by atoms with Crippen molar-refractivity contribution in [3.63, 3.8) is 0 Å². The van der Waals surface area contributed by atoms with Crippen LogP contribution in [0.5, 0.6) is 5.75 Å². The lowest BCUT2D eigenvalue weighted by atomic mass is 10.0. The molecule has 6 nitrogen and oxygen atoms in total. The van der Waals surface area contributed by atoms with Crippen molar-refractivity contribution < 1.29 is 19.1 Å². The molecule has 0 saturated heterocycles. The maximum atomic E-state index is 12.1. The molecular weight excluding hydrogens is 400 g/mol. The molecule has 1 aromatic heterocycles. The summed E-state index contributed by atoms with van der Waals surface area (Å²) >= 11 is 1.38. The number of benzene rings is 1. The highest BCUT2D eigenvalue weighted by atomic mass is 32.1. The standard InChI is InChI=1S/C23H32N2O4S/c1-5-28-18-9-10-19-20(15-18)30-23(24-19)25-21(26)11-12-22(27)29-14-13-17(4)8-6-7-16(2)3/h7,9-10,15,17H,5-6,8,11-14H2,1-4H3,(H,24,25,26). The van der Waals surface area contributed by atoms with Crippen LogP contribution in [0.3, 0.4) is 0 Å². The number of fused-ring (bicyclic) bond motifs is 1. The summed E-state index contributed by atoms with van der Waals surface area (Å²) in [7, 11) is 0. The van der Waals surface area contributed by atoms with Crippen LogP contribution in [-0.2, 0) is 14.3 Å². The van der Waals surface area contributed by atoms with E-state index >= 15 is 0 Å². The van der Waals surface area contributed by atoms with E-state index in [0.29, 0.717) is 24.3 Å². The van der Waals surface area contributed by atoms with E-state index in [1.165, 1.54) is 16.9 Å². The van der Waals surface area contributed by atoms with Crippen molar-refractivity contribution in [2.75, 3.05) is 18.5 Å². The summed E-state index contributed by atoms with van der Waals surface area (Å²) in [6.45, 7) is 9.28. The molecule has 0 bridgehead atoms. The molecule has 1 aromatic carbocycles. The third-order valence-electron chi connectivity index (χ3n) is 4.56. The molecule has 1 atom stereocenters. The van der Waals surface area contributed by atoms with Crippen LogP contribution in [-0.4, -0.2) is 30.1 Å². The van der Waals surface area contributed by atoms with E-state index < -0.39 is 0 Å². The molecule has 0 spiro atoms. The zero-order valence-corrected chi connectivity index (χ0v) is 19.1. The number of carbonyl (C=O) groups is 2. The quantitative estimate of drug-likeness (QED) is 0.342. The van der Waals surface area contributed by atoms with Gasteiger partial charge in [-0.05, 0) is 64.2 Å². The van der Waals surface area contributed by atoms with Gasteiger partial charge in [0.25, 0.3) is 0 Å². The number of anilines is 1. The molecular formula is C23H32N2O4S. The van der Waals surface area contributed by atoms with Crippen molar-refractivity contribution in [3.8, 4) is 5.75 Å². The first-order valence-corrected chi connectivity index (χ1v) is 11.3. The van der Waals surface area contributed by atoms with E-state index in [1.54, 1.807) is 0 Å². The highest BCUT2D eigenvalue weighted by Gasteiger charge is 2.12. The third-order valence-corrected chi connectivity index (χ3v) is 5.49. The summed E-state index contributed by atoms with van der Waals surface area (Å²) in [5, 5.41) is 3.28. The number of carbonyl (C=O) groups excluding carboxylic acids is 2. The average molecular weight is 433 g/mol. The summed E-state index contributed by atoms with van der Waals surface area (Å²) in [5.41, 5.74) is 2.13. The topological polar surface area (TPSA) is 77.5 Å². The van der Waals surface area contributed by atoms with Gasteiger partial charge in [0.1, 0.15) is 5.75 Å². The predicted octanol–water partition coefficient (Wildman–Crippen LogP) is 5.73. The van der Waals surface area contributed by atoms with Gasteiger partial charge in [0, 0.05) is 6.42 Å². The SMILES string of the molecule is CCOc1ccc2nc(NC(=O)CCC(=O)OCCC(C)CCC=C(C)C)sc2c1. The summed E-state index contributed by atoms with van der Waals surface area (Å²) in [4.78, 5) is 28.4. The fourth-order valence-corrected chi connectivity index (χ4v) is 3.77. The van der Waals surface area contributed by atoms with Gasteiger partial charge in [0.05, 0.1) is 29.9 Å². The van der Waals surface area contributed by atoms with E-state index in [0.717, 1.165) is 35.2 Å². The van der Waals surface area contributed by atoms with E-state index in [2.05, 4.69) is 37.1 Å². The number of hydrogen-bond acceptors (Lipinski definition) is 6. The average Bonchev–Trinajstić information content (AvgIpc) is 3.07. The van der Waals surface area contributed by atoms with Crippen LogP contribution < -0.4 is 10.1 Å². The van der Waals surface area contributed by atoms with Crippen molar-refractivity contribution >= 4 is 38.6 Å². The third kappa shape index (κ3) is 8.53. The van der Waals surface area contributed by atoms with Gasteiger partial charge in [-0.25, -0.2) is 4.98 Å². The molecule has 164 valence electrons. The smallest absolute Gasteiger partial charge is 0.306 e. The van der Waals surface area contributed by atoms with Gasteiger partial charge < -0.3 is 14.8 Å². The summed E-state index contributed by atoms with van der Waals surface area (Å²) in [5.74, 6) is 0.693. The normalized spacial score (nSPS) is 11.7. The number of rotatable bonds is 12. The van der Waals surface area contributed by atoms with Crippen molar-refractivity contribution in [2.45, 2.75) is 59.8 Å². The van der Waals surface area contributed by atoms with Gasteiger partial charge in [-0.3, -0.25) is 9.59 Å². The Labute approximate surface area is 182 Å². The van der Waals surface area contributed by atoms with Crippen molar-refractivity contribution in [1.82, 2.24) is 4.98 Å². The molecule has 1 unspecified atom stereocenters. The Hall–Kier alpha value is -2.41. The largest absolute Gasteiger partial charge is 0.494 e. The van der Waals surface area contributed by atoms with E-state index in [4.69, 9.17) is 9.47 Å². The fraction of sp³-hybridized carbons (Fsp3) is 0.522. The monoisotopic (exact) mass is 432 g/mol. The van der Waals surface area contributed by atoms with Gasteiger partial charge in [0.15, 0.2) is 5.13 Å². The second-order valence-corrected chi connectivity index (χ2v) is 8.63. The van der Waals surface area contributed by atoms with Gasteiger partial charge in [-0.1, -0.05) is 29.9 Å². The predicted molar refractivity (Wildman–Crippen MR) is 122 cm³/mol. The Bertz CT molecular complexity index is 871. The number of aromatic nitrogens is 1. The second kappa shape index (κ2) is 12.3. The van der Waals surface area contributed by atoms with Crippen molar-refractivity contribution in [1.29, 1.82) is 0 Å². The van der Waals surface area contributed by atoms with E-state index in [9.17, 15) is 9.59 Å². The molecule has 2 aromatic rings. The molecule has 2 rings (SSSR count). The highest BCUT2D eigenvalue weighted by molar-refractivity contribution is 7.22. The van der Waals surface area contributed by atoms with E-state index in [-0.39, 0.29) is 24.7 Å². The van der Waals surface area contributed by atoms with Crippen LogP contribution in [0.4, 0.5) is 5.13 Å². The minimum Gasteiger partial charge on any atom is -0.494 e. The maximum absolute atomic E-state index is 12.1. The molecule has 0 aliphatic heterocycles. The lowest BCUT2D eigenvalue weighted by Crippen LogP contribution is -2.15. The molecule has 0 aliphatic rings. The molecule has 0 radical (unpaired) electrons. The first-order valence-electron chi connectivity index (χ1n) is 10.5. The minimum absolute atomic E-state index is 0.0668. The van der Waals surface area contributed by atoms with Crippen molar-refractivity contribution in [3.05, 3.63) is 29.8 Å². The number of allylic oxidation sites excluding steroid dienone is 2. The zero-order valence-electron chi connectivity index (χ0n) is 18.3. The van der Waals surface area contributed by atoms with Crippen LogP contribution in [0, 0.1) is 5.92 Å². The van der Waals surface area contributed by atoms with Crippen LogP contribution in [0.15, 0.2) is 29.8 Å². The van der Waals surface area contributed by atoms with Crippen LogP contribution >= 0.6 is 11.3 Å². The molecule has 0 aliphatic carbocycles.